The molecule has 2 amide bonds. The topological polar surface area (TPSA) is 49.4 Å². The zero-order valence-corrected chi connectivity index (χ0v) is 15.1. The zero-order chi connectivity index (χ0) is 19.6. The van der Waals surface area contributed by atoms with Gasteiger partial charge < -0.3 is 10.2 Å². The molecule has 0 fully saturated rings. The molecular weight excluding hydrogens is 350 g/mol. The van der Waals surface area contributed by atoms with Crippen molar-refractivity contribution >= 4 is 17.9 Å². The number of amides is 2. The van der Waals surface area contributed by atoms with Crippen molar-refractivity contribution < 1.29 is 18.4 Å². The van der Waals surface area contributed by atoms with E-state index in [1.54, 1.807) is 13.1 Å². The highest BCUT2D eigenvalue weighted by molar-refractivity contribution is 5.82. The van der Waals surface area contributed by atoms with Crippen LogP contribution in [-0.2, 0) is 9.59 Å². The average Bonchev–Trinajstić information content (AvgIpc) is 2.63. The van der Waals surface area contributed by atoms with Gasteiger partial charge in [0.1, 0.15) is 0 Å². The first-order chi connectivity index (χ1) is 12.9. The van der Waals surface area contributed by atoms with Gasteiger partial charge in [-0.25, -0.2) is 8.78 Å². The van der Waals surface area contributed by atoms with Crippen LogP contribution in [0.3, 0.4) is 0 Å². The largest absolute Gasteiger partial charge is 0.350 e. The number of benzene rings is 2. The average molecular weight is 370 g/mol. The number of fused-ring (bicyclic) bond motifs is 1. The van der Waals surface area contributed by atoms with Crippen LogP contribution in [0, 0.1) is 11.6 Å². The molecule has 2 aromatic rings. The summed E-state index contributed by atoms with van der Waals surface area (Å²) in [5.41, 5.74) is 2.32. The van der Waals surface area contributed by atoms with Gasteiger partial charge in [0.25, 0.3) is 0 Å². The third-order valence-corrected chi connectivity index (χ3v) is 4.67. The van der Waals surface area contributed by atoms with Crippen molar-refractivity contribution in [1.82, 2.24) is 10.2 Å². The van der Waals surface area contributed by atoms with Crippen molar-refractivity contribution in [1.29, 1.82) is 0 Å². The quantitative estimate of drug-likeness (QED) is 0.881. The highest BCUT2D eigenvalue weighted by Crippen LogP contribution is 2.33. The summed E-state index contributed by atoms with van der Waals surface area (Å²) >= 11 is 0. The third kappa shape index (κ3) is 4.05. The van der Waals surface area contributed by atoms with E-state index in [1.807, 2.05) is 30.3 Å². The zero-order valence-electron chi connectivity index (χ0n) is 15.1. The van der Waals surface area contributed by atoms with Gasteiger partial charge in [-0.1, -0.05) is 30.3 Å². The Balaban J connectivity index is 1.76. The highest BCUT2D eigenvalue weighted by atomic mass is 19.2. The molecule has 0 aromatic heterocycles. The van der Waals surface area contributed by atoms with E-state index in [-0.39, 0.29) is 18.2 Å². The fourth-order valence-corrected chi connectivity index (χ4v) is 3.25. The first-order valence-electron chi connectivity index (χ1n) is 8.67. The Labute approximate surface area is 156 Å². The predicted molar refractivity (Wildman–Crippen MR) is 98.3 cm³/mol. The van der Waals surface area contributed by atoms with Gasteiger partial charge in [-0.15, -0.1) is 0 Å². The number of halogens is 2. The standard InChI is InChI=1S/C21H20F2N2O2/c1-13(16-7-8-18(22)19(23)11-16)24-21(27)12-20-17-6-4-3-5-15(17)9-10-25(20)14(2)26/h3-11,13,20H,12H2,1-2H3,(H,24,27). The summed E-state index contributed by atoms with van der Waals surface area (Å²) in [5.74, 6) is -2.33. The molecule has 2 aromatic carbocycles. The Morgan fingerprint density at radius 1 is 1.15 bits per heavy atom. The van der Waals surface area contributed by atoms with E-state index in [4.69, 9.17) is 0 Å². The van der Waals surface area contributed by atoms with Crippen LogP contribution >= 0.6 is 0 Å². The van der Waals surface area contributed by atoms with E-state index in [0.29, 0.717) is 5.56 Å². The summed E-state index contributed by atoms with van der Waals surface area (Å²) in [6.45, 7) is 3.15. The van der Waals surface area contributed by atoms with E-state index in [1.165, 1.54) is 17.9 Å². The molecule has 0 saturated heterocycles. The molecule has 3 rings (SSSR count). The summed E-state index contributed by atoms with van der Waals surface area (Å²) < 4.78 is 26.5. The van der Waals surface area contributed by atoms with Crippen LogP contribution in [0.2, 0.25) is 0 Å². The maximum Gasteiger partial charge on any atom is 0.223 e. The van der Waals surface area contributed by atoms with Crippen molar-refractivity contribution in [2.24, 2.45) is 0 Å². The lowest BCUT2D eigenvalue weighted by atomic mass is 9.93. The molecule has 0 aliphatic carbocycles. The van der Waals surface area contributed by atoms with Crippen molar-refractivity contribution in [2.75, 3.05) is 0 Å². The molecule has 0 radical (unpaired) electrons. The second kappa shape index (κ2) is 7.70. The van der Waals surface area contributed by atoms with Crippen LogP contribution in [0.15, 0.2) is 48.7 Å². The minimum atomic E-state index is -0.956. The van der Waals surface area contributed by atoms with Gasteiger partial charge in [0.2, 0.25) is 11.8 Å². The molecule has 1 aliphatic rings. The maximum absolute atomic E-state index is 13.4. The molecule has 27 heavy (non-hydrogen) atoms. The molecule has 1 N–H and O–H groups in total. The molecule has 1 heterocycles. The lowest BCUT2D eigenvalue weighted by molar-refractivity contribution is -0.130. The Hall–Kier alpha value is -3.02. The summed E-state index contributed by atoms with van der Waals surface area (Å²) in [4.78, 5) is 26.1. The van der Waals surface area contributed by atoms with E-state index in [0.717, 1.165) is 23.3 Å². The van der Waals surface area contributed by atoms with E-state index < -0.39 is 23.7 Å². The number of hydrogen-bond acceptors (Lipinski definition) is 2. The Morgan fingerprint density at radius 3 is 2.59 bits per heavy atom. The molecule has 0 saturated carbocycles. The summed E-state index contributed by atoms with van der Waals surface area (Å²) in [7, 11) is 0. The summed E-state index contributed by atoms with van der Waals surface area (Å²) in [6, 6.07) is 10.2. The fraction of sp³-hybridized carbons (Fsp3) is 0.238. The Morgan fingerprint density at radius 2 is 1.89 bits per heavy atom. The molecule has 6 heteroatoms. The Bertz CT molecular complexity index is 911. The van der Waals surface area contributed by atoms with Gasteiger partial charge in [-0.3, -0.25) is 9.59 Å². The summed E-state index contributed by atoms with van der Waals surface area (Å²) in [5, 5.41) is 2.79. The molecule has 0 bridgehead atoms. The highest BCUT2D eigenvalue weighted by Gasteiger charge is 2.28. The molecule has 140 valence electrons. The van der Waals surface area contributed by atoms with Crippen LogP contribution in [0.25, 0.3) is 6.08 Å². The second-order valence-corrected chi connectivity index (χ2v) is 6.55. The lowest BCUT2D eigenvalue weighted by Gasteiger charge is -2.32. The smallest absolute Gasteiger partial charge is 0.223 e. The minimum absolute atomic E-state index is 0.0644. The second-order valence-electron chi connectivity index (χ2n) is 6.55. The van der Waals surface area contributed by atoms with Gasteiger partial charge in [0.15, 0.2) is 11.6 Å². The van der Waals surface area contributed by atoms with Crippen LogP contribution in [-0.4, -0.2) is 16.7 Å². The third-order valence-electron chi connectivity index (χ3n) is 4.67. The van der Waals surface area contributed by atoms with Gasteiger partial charge in [0, 0.05) is 13.1 Å². The van der Waals surface area contributed by atoms with Gasteiger partial charge in [0.05, 0.1) is 18.5 Å². The number of hydrogen-bond donors (Lipinski definition) is 1. The normalized spacial score (nSPS) is 16.6. The van der Waals surface area contributed by atoms with Crippen LogP contribution < -0.4 is 5.32 Å². The molecule has 4 nitrogen and oxygen atoms in total. The number of rotatable bonds is 4. The maximum atomic E-state index is 13.4. The Kier molecular flexibility index (Phi) is 5.35. The molecule has 0 spiro atoms. The van der Waals surface area contributed by atoms with Crippen molar-refractivity contribution in [3.05, 3.63) is 77.0 Å². The van der Waals surface area contributed by atoms with Crippen LogP contribution in [0.4, 0.5) is 8.78 Å². The van der Waals surface area contributed by atoms with Gasteiger partial charge >= 0.3 is 0 Å². The van der Waals surface area contributed by atoms with Crippen molar-refractivity contribution in [3.63, 3.8) is 0 Å². The van der Waals surface area contributed by atoms with E-state index in [2.05, 4.69) is 5.32 Å². The van der Waals surface area contributed by atoms with Crippen molar-refractivity contribution in [2.45, 2.75) is 32.4 Å². The van der Waals surface area contributed by atoms with Crippen LogP contribution in [0.1, 0.15) is 49.0 Å². The fourth-order valence-electron chi connectivity index (χ4n) is 3.25. The number of nitrogens with one attached hydrogen (secondary N) is 1. The van der Waals surface area contributed by atoms with Gasteiger partial charge in [-0.05, 0) is 41.8 Å². The minimum Gasteiger partial charge on any atom is -0.350 e. The molecule has 1 aliphatic heterocycles. The predicted octanol–water partition coefficient (Wildman–Crippen LogP) is 4.11. The number of carbonyl (C=O) groups excluding carboxylic acids is 2. The molecule has 2 atom stereocenters. The monoisotopic (exact) mass is 370 g/mol. The summed E-state index contributed by atoms with van der Waals surface area (Å²) in [6.07, 6.45) is 3.59. The SMILES string of the molecule is CC(=O)N1C=Cc2ccccc2C1CC(=O)NC(C)c1ccc(F)c(F)c1. The van der Waals surface area contributed by atoms with E-state index in [9.17, 15) is 18.4 Å². The van der Waals surface area contributed by atoms with Crippen LogP contribution in [0.5, 0.6) is 0 Å². The van der Waals surface area contributed by atoms with Crippen molar-refractivity contribution in [3.8, 4) is 0 Å². The van der Waals surface area contributed by atoms with E-state index >= 15 is 0 Å². The number of carbonyl (C=O) groups is 2. The molecular formula is C21H20F2N2O2. The van der Waals surface area contributed by atoms with Gasteiger partial charge in [-0.2, -0.15) is 0 Å². The first-order valence-corrected chi connectivity index (χ1v) is 8.67. The first kappa shape index (κ1) is 18.8. The molecule has 2 unspecified atom stereocenters. The lowest BCUT2D eigenvalue weighted by Crippen LogP contribution is -2.36. The number of nitrogens with zero attached hydrogens (tertiary/aromatic N) is 1.